The van der Waals surface area contributed by atoms with Crippen LogP contribution in [0.5, 0.6) is 0 Å². The molecule has 0 fully saturated rings. The van der Waals surface area contributed by atoms with Crippen LogP contribution in [-0.4, -0.2) is 16.1 Å². The van der Waals surface area contributed by atoms with Gasteiger partial charge in [-0.2, -0.15) is 10.2 Å². The lowest BCUT2D eigenvalue weighted by atomic mass is 10.1. The smallest absolute Gasteiger partial charge is 0.248 e. The van der Waals surface area contributed by atoms with Crippen molar-refractivity contribution in [3.05, 3.63) is 47.7 Å². The minimum absolute atomic E-state index is 0.443. The molecule has 0 saturated heterocycles. The van der Waals surface area contributed by atoms with E-state index in [-0.39, 0.29) is 0 Å². The third-order valence-corrected chi connectivity index (χ3v) is 2.24. The number of hydrogen-bond donors (Lipinski definition) is 1. The maximum absolute atomic E-state index is 11.0. The summed E-state index contributed by atoms with van der Waals surface area (Å²) in [6, 6.07) is 10.8. The van der Waals surface area contributed by atoms with E-state index in [1.54, 1.807) is 18.2 Å². The molecule has 0 bridgehead atoms. The number of aromatic nitrogens is 2. The van der Waals surface area contributed by atoms with E-state index in [9.17, 15) is 4.79 Å². The van der Waals surface area contributed by atoms with Crippen LogP contribution in [0.3, 0.4) is 0 Å². The number of aryl methyl sites for hydroxylation is 1. The van der Waals surface area contributed by atoms with Crippen molar-refractivity contribution in [2.45, 2.75) is 6.92 Å². The van der Waals surface area contributed by atoms with Crippen LogP contribution in [0.15, 0.2) is 36.4 Å². The molecule has 0 radical (unpaired) electrons. The zero-order valence-electron chi connectivity index (χ0n) is 8.84. The molecule has 0 aliphatic carbocycles. The molecule has 0 saturated carbocycles. The fraction of sp³-hybridized carbons (Fsp3) is 0.0833. The number of nitrogens with zero attached hydrogens (tertiary/aromatic N) is 2. The molecule has 2 rings (SSSR count). The molecule has 0 spiro atoms. The molecule has 0 aliphatic heterocycles. The first-order chi connectivity index (χ1) is 7.66. The Hall–Kier alpha value is -2.23. The SMILES string of the molecule is Cc1ccc(-c2cccc(C(N)=O)c2)nn1. The Kier molecular flexibility index (Phi) is 2.64. The van der Waals surface area contributed by atoms with Gasteiger partial charge in [0.05, 0.1) is 11.4 Å². The van der Waals surface area contributed by atoms with Gasteiger partial charge in [0.2, 0.25) is 5.91 Å². The van der Waals surface area contributed by atoms with E-state index >= 15 is 0 Å². The minimum atomic E-state index is -0.443. The first kappa shape index (κ1) is 10.3. The van der Waals surface area contributed by atoms with Crippen LogP contribution in [0, 0.1) is 6.92 Å². The highest BCUT2D eigenvalue weighted by molar-refractivity contribution is 5.93. The number of nitrogens with two attached hydrogens (primary N) is 1. The average Bonchev–Trinajstić information content (AvgIpc) is 2.30. The van der Waals surface area contributed by atoms with Crippen molar-refractivity contribution in [3.8, 4) is 11.3 Å². The Labute approximate surface area is 93.1 Å². The summed E-state index contributed by atoms with van der Waals surface area (Å²) >= 11 is 0. The summed E-state index contributed by atoms with van der Waals surface area (Å²) in [7, 11) is 0. The van der Waals surface area contributed by atoms with E-state index in [1.165, 1.54) is 0 Å². The van der Waals surface area contributed by atoms with Crippen LogP contribution >= 0.6 is 0 Å². The van der Waals surface area contributed by atoms with Gasteiger partial charge in [0.15, 0.2) is 0 Å². The molecule has 2 N–H and O–H groups in total. The summed E-state index contributed by atoms with van der Waals surface area (Å²) in [6.45, 7) is 1.87. The number of amides is 1. The fourth-order valence-corrected chi connectivity index (χ4v) is 1.38. The molecular formula is C12H11N3O. The standard InChI is InChI=1S/C12H11N3O/c1-8-5-6-11(15-14-8)9-3-2-4-10(7-9)12(13)16/h2-7H,1H3,(H2,13,16). The number of carbonyl (C=O) groups excluding carboxylic acids is 1. The molecule has 0 unspecified atom stereocenters. The lowest BCUT2D eigenvalue weighted by Crippen LogP contribution is -2.10. The molecule has 16 heavy (non-hydrogen) atoms. The van der Waals surface area contributed by atoms with Gasteiger partial charge in [-0.15, -0.1) is 0 Å². The van der Waals surface area contributed by atoms with Crippen molar-refractivity contribution in [2.24, 2.45) is 5.73 Å². The van der Waals surface area contributed by atoms with Crippen LogP contribution in [0.2, 0.25) is 0 Å². The highest BCUT2D eigenvalue weighted by Gasteiger charge is 2.04. The highest BCUT2D eigenvalue weighted by atomic mass is 16.1. The summed E-state index contributed by atoms with van der Waals surface area (Å²) in [5, 5.41) is 8.01. The summed E-state index contributed by atoms with van der Waals surface area (Å²) < 4.78 is 0. The number of rotatable bonds is 2. The highest BCUT2D eigenvalue weighted by Crippen LogP contribution is 2.17. The van der Waals surface area contributed by atoms with E-state index in [2.05, 4.69) is 10.2 Å². The summed E-state index contributed by atoms with van der Waals surface area (Å²) in [5.41, 5.74) is 8.11. The number of carbonyl (C=O) groups is 1. The van der Waals surface area contributed by atoms with Crippen LogP contribution in [-0.2, 0) is 0 Å². The zero-order valence-corrected chi connectivity index (χ0v) is 8.84. The maximum Gasteiger partial charge on any atom is 0.248 e. The quantitative estimate of drug-likeness (QED) is 0.822. The van der Waals surface area contributed by atoms with Gasteiger partial charge >= 0.3 is 0 Å². The molecule has 0 aliphatic rings. The van der Waals surface area contributed by atoms with Crippen molar-refractivity contribution in [1.82, 2.24) is 10.2 Å². The largest absolute Gasteiger partial charge is 0.366 e. The first-order valence-electron chi connectivity index (χ1n) is 4.87. The van der Waals surface area contributed by atoms with E-state index in [4.69, 9.17) is 5.73 Å². The fourth-order valence-electron chi connectivity index (χ4n) is 1.38. The van der Waals surface area contributed by atoms with Gasteiger partial charge in [-0.05, 0) is 31.2 Å². The van der Waals surface area contributed by atoms with E-state index < -0.39 is 5.91 Å². The third-order valence-electron chi connectivity index (χ3n) is 2.24. The normalized spacial score (nSPS) is 10.1. The molecule has 80 valence electrons. The van der Waals surface area contributed by atoms with Crippen LogP contribution < -0.4 is 5.73 Å². The van der Waals surface area contributed by atoms with Gasteiger partial charge in [-0.25, -0.2) is 0 Å². The predicted octanol–water partition coefficient (Wildman–Crippen LogP) is 1.55. The monoisotopic (exact) mass is 213 g/mol. The van der Waals surface area contributed by atoms with Gasteiger partial charge in [0, 0.05) is 11.1 Å². The Bertz CT molecular complexity index is 520. The second-order valence-corrected chi connectivity index (χ2v) is 3.51. The molecular weight excluding hydrogens is 202 g/mol. The molecule has 1 aromatic carbocycles. The van der Waals surface area contributed by atoms with Gasteiger partial charge in [-0.1, -0.05) is 12.1 Å². The Morgan fingerprint density at radius 2 is 2.00 bits per heavy atom. The predicted molar refractivity (Wildman–Crippen MR) is 60.7 cm³/mol. The average molecular weight is 213 g/mol. The van der Waals surface area contributed by atoms with Gasteiger partial charge in [0.25, 0.3) is 0 Å². The van der Waals surface area contributed by atoms with Crippen molar-refractivity contribution in [3.63, 3.8) is 0 Å². The second-order valence-electron chi connectivity index (χ2n) is 3.51. The topological polar surface area (TPSA) is 68.9 Å². The second kappa shape index (κ2) is 4.10. The Balaban J connectivity index is 2.44. The van der Waals surface area contributed by atoms with Gasteiger partial charge in [0.1, 0.15) is 0 Å². The molecule has 1 heterocycles. The molecule has 4 heteroatoms. The molecule has 0 atom stereocenters. The first-order valence-corrected chi connectivity index (χ1v) is 4.87. The van der Waals surface area contributed by atoms with Gasteiger partial charge < -0.3 is 5.73 Å². The summed E-state index contributed by atoms with van der Waals surface area (Å²) in [5.74, 6) is -0.443. The third kappa shape index (κ3) is 2.06. The van der Waals surface area contributed by atoms with Crippen molar-refractivity contribution < 1.29 is 4.79 Å². The molecule has 4 nitrogen and oxygen atoms in total. The van der Waals surface area contributed by atoms with E-state index in [0.717, 1.165) is 17.0 Å². The molecule has 1 amide bonds. The maximum atomic E-state index is 11.0. The van der Waals surface area contributed by atoms with Crippen molar-refractivity contribution >= 4 is 5.91 Å². The summed E-state index contributed by atoms with van der Waals surface area (Å²) in [6.07, 6.45) is 0. The van der Waals surface area contributed by atoms with Crippen molar-refractivity contribution in [2.75, 3.05) is 0 Å². The summed E-state index contributed by atoms with van der Waals surface area (Å²) in [4.78, 5) is 11.0. The molecule has 2 aromatic rings. The van der Waals surface area contributed by atoms with Crippen LogP contribution in [0.1, 0.15) is 16.1 Å². The van der Waals surface area contributed by atoms with E-state index in [0.29, 0.717) is 5.56 Å². The van der Waals surface area contributed by atoms with Crippen molar-refractivity contribution in [1.29, 1.82) is 0 Å². The van der Waals surface area contributed by atoms with Gasteiger partial charge in [-0.3, -0.25) is 4.79 Å². The minimum Gasteiger partial charge on any atom is -0.366 e. The molecule has 1 aromatic heterocycles. The number of hydrogen-bond acceptors (Lipinski definition) is 3. The number of benzene rings is 1. The van der Waals surface area contributed by atoms with E-state index in [1.807, 2.05) is 25.1 Å². The van der Waals surface area contributed by atoms with Crippen LogP contribution in [0.25, 0.3) is 11.3 Å². The zero-order chi connectivity index (χ0) is 11.5. The van der Waals surface area contributed by atoms with Crippen LogP contribution in [0.4, 0.5) is 0 Å². The lowest BCUT2D eigenvalue weighted by Gasteiger charge is -2.01. The Morgan fingerprint density at radius 1 is 1.19 bits per heavy atom. The Morgan fingerprint density at radius 3 is 2.62 bits per heavy atom. The lowest BCUT2D eigenvalue weighted by molar-refractivity contribution is 0.100. The number of primary amides is 1.